The van der Waals surface area contributed by atoms with Crippen molar-refractivity contribution in [1.29, 1.82) is 0 Å². The lowest BCUT2D eigenvalue weighted by Gasteiger charge is -2.19. The zero-order chi connectivity index (χ0) is 10.7. The maximum absolute atomic E-state index is 3.47. The first-order valence-electron chi connectivity index (χ1n) is 5.52. The molecule has 0 saturated heterocycles. The lowest BCUT2D eigenvalue weighted by Crippen LogP contribution is -2.25. The zero-order valence-corrected chi connectivity index (χ0v) is 10.1. The summed E-state index contributed by atoms with van der Waals surface area (Å²) in [5, 5.41) is 3.47. The maximum Gasteiger partial charge on any atom is 0.00374 e. The van der Waals surface area contributed by atoms with E-state index in [2.05, 4.69) is 39.9 Å². The standard InChI is InChI=1S/C13H22N/c1-6-7-14-8-13-11(4)9(2)10(3)12(13)5/h14H,6-8H2,1-5H3. The van der Waals surface area contributed by atoms with E-state index in [4.69, 9.17) is 0 Å². The molecule has 0 bridgehead atoms. The second-order valence-corrected chi connectivity index (χ2v) is 4.16. The predicted octanol–water partition coefficient (Wildman–Crippen LogP) is 2.95. The topological polar surface area (TPSA) is 12.0 Å². The van der Waals surface area contributed by atoms with Gasteiger partial charge in [0.1, 0.15) is 0 Å². The Hall–Kier alpha value is -0.0400. The fourth-order valence-electron chi connectivity index (χ4n) is 1.95. The summed E-state index contributed by atoms with van der Waals surface area (Å²) in [6.45, 7) is 13.3. The first-order valence-corrected chi connectivity index (χ1v) is 5.52. The highest BCUT2D eigenvalue weighted by molar-refractivity contribution is 5.59. The third-order valence-electron chi connectivity index (χ3n) is 3.32. The van der Waals surface area contributed by atoms with Crippen LogP contribution < -0.4 is 5.32 Å². The van der Waals surface area contributed by atoms with Crippen LogP contribution in [0.4, 0.5) is 0 Å². The van der Waals surface area contributed by atoms with Gasteiger partial charge >= 0.3 is 0 Å². The molecular formula is C13H22N. The lowest BCUT2D eigenvalue weighted by molar-refractivity contribution is 0.673. The molecule has 1 fully saturated rings. The van der Waals surface area contributed by atoms with Gasteiger partial charge < -0.3 is 5.32 Å². The highest BCUT2D eigenvalue weighted by Crippen LogP contribution is 2.51. The van der Waals surface area contributed by atoms with Crippen LogP contribution in [0.1, 0.15) is 41.0 Å². The summed E-state index contributed by atoms with van der Waals surface area (Å²) >= 11 is 0. The fraction of sp³-hybridized carbons (Fsp3) is 0.615. The van der Waals surface area contributed by atoms with Crippen LogP contribution in [0, 0.1) is 29.6 Å². The highest BCUT2D eigenvalue weighted by Gasteiger charge is 2.42. The zero-order valence-electron chi connectivity index (χ0n) is 10.1. The maximum atomic E-state index is 3.47. The lowest BCUT2D eigenvalue weighted by atomic mass is 9.89. The van der Waals surface area contributed by atoms with E-state index in [-0.39, 0.29) is 0 Å². The van der Waals surface area contributed by atoms with Crippen LogP contribution in [0.25, 0.3) is 0 Å². The first-order chi connectivity index (χ1) is 6.59. The predicted molar refractivity (Wildman–Crippen MR) is 62.1 cm³/mol. The summed E-state index contributed by atoms with van der Waals surface area (Å²) in [6, 6.07) is 0. The van der Waals surface area contributed by atoms with Crippen LogP contribution in [0.5, 0.6) is 0 Å². The second-order valence-electron chi connectivity index (χ2n) is 4.16. The molecular weight excluding hydrogens is 170 g/mol. The Labute approximate surface area is 89.7 Å². The van der Waals surface area contributed by atoms with Gasteiger partial charge in [0.05, 0.1) is 0 Å². The van der Waals surface area contributed by atoms with Gasteiger partial charge in [0, 0.05) is 12.5 Å². The van der Waals surface area contributed by atoms with Crippen molar-refractivity contribution in [2.24, 2.45) is 0 Å². The average molecular weight is 192 g/mol. The molecule has 0 heterocycles. The Bertz CT molecular complexity index is 153. The molecule has 14 heavy (non-hydrogen) atoms. The van der Waals surface area contributed by atoms with Crippen molar-refractivity contribution in [3.63, 3.8) is 0 Å². The number of hydrogen-bond acceptors (Lipinski definition) is 1. The van der Waals surface area contributed by atoms with E-state index in [0.717, 1.165) is 13.1 Å². The van der Waals surface area contributed by atoms with E-state index < -0.39 is 0 Å². The molecule has 0 unspecified atom stereocenters. The Morgan fingerprint density at radius 2 is 1.36 bits per heavy atom. The minimum absolute atomic E-state index is 1.03. The minimum Gasteiger partial charge on any atom is -0.316 e. The third kappa shape index (κ3) is 2.31. The van der Waals surface area contributed by atoms with Crippen molar-refractivity contribution < 1.29 is 0 Å². The average Bonchev–Trinajstić information content (AvgIpc) is 2.35. The van der Waals surface area contributed by atoms with Gasteiger partial charge in [-0.3, -0.25) is 0 Å². The minimum atomic E-state index is 1.03. The van der Waals surface area contributed by atoms with Crippen molar-refractivity contribution in [2.75, 3.05) is 13.1 Å². The molecule has 79 valence electrons. The van der Waals surface area contributed by atoms with E-state index >= 15 is 0 Å². The summed E-state index contributed by atoms with van der Waals surface area (Å²) in [5.41, 5.74) is 0. The van der Waals surface area contributed by atoms with Crippen LogP contribution >= 0.6 is 0 Å². The van der Waals surface area contributed by atoms with E-state index in [0.29, 0.717) is 0 Å². The van der Waals surface area contributed by atoms with Crippen molar-refractivity contribution in [3.05, 3.63) is 29.6 Å². The normalized spacial score (nSPS) is 23.8. The summed E-state index contributed by atoms with van der Waals surface area (Å²) in [7, 11) is 0. The third-order valence-corrected chi connectivity index (χ3v) is 3.32. The first kappa shape index (κ1) is 12.0. The SMILES string of the molecule is CCCNC[C]1[C](C)[C](C)[C](C)[C]1C. The molecule has 0 amide bonds. The summed E-state index contributed by atoms with van der Waals surface area (Å²) in [5.74, 6) is 7.40. The fourth-order valence-corrected chi connectivity index (χ4v) is 1.95. The van der Waals surface area contributed by atoms with E-state index in [1.165, 1.54) is 36.0 Å². The van der Waals surface area contributed by atoms with Gasteiger partial charge in [-0.15, -0.1) is 0 Å². The molecule has 1 heteroatoms. The molecule has 1 aliphatic carbocycles. The molecule has 1 nitrogen and oxygen atoms in total. The van der Waals surface area contributed by atoms with Gasteiger partial charge in [0.2, 0.25) is 0 Å². The highest BCUT2D eigenvalue weighted by atomic mass is 14.9. The molecule has 0 aromatic rings. The van der Waals surface area contributed by atoms with E-state index in [1.807, 2.05) is 0 Å². The summed E-state index contributed by atoms with van der Waals surface area (Å²) in [4.78, 5) is 0. The molecule has 5 radical (unpaired) electrons. The van der Waals surface area contributed by atoms with E-state index in [1.54, 1.807) is 0 Å². The van der Waals surface area contributed by atoms with Crippen molar-refractivity contribution in [1.82, 2.24) is 5.32 Å². The second kappa shape index (κ2) is 5.16. The van der Waals surface area contributed by atoms with Gasteiger partial charge in [0.15, 0.2) is 0 Å². The Balaban J connectivity index is 2.43. The van der Waals surface area contributed by atoms with Crippen molar-refractivity contribution in [3.8, 4) is 0 Å². The molecule has 1 N–H and O–H groups in total. The molecule has 0 spiro atoms. The summed E-state index contributed by atoms with van der Waals surface area (Å²) < 4.78 is 0. The van der Waals surface area contributed by atoms with Crippen molar-refractivity contribution in [2.45, 2.75) is 41.0 Å². The Morgan fingerprint density at radius 3 is 1.79 bits per heavy atom. The molecule has 1 aliphatic rings. The van der Waals surface area contributed by atoms with Gasteiger partial charge in [-0.05, 0) is 36.6 Å². The monoisotopic (exact) mass is 192 g/mol. The Morgan fingerprint density at radius 1 is 0.857 bits per heavy atom. The molecule has 0 aromatic heterocycles. The molecule has 0 aliphatic heterocycles. The number of rotatable bonds is 4. The molecule has 0 aromatic carbocycles. The largest absolute Gasteiger partial charge is 0.316 e. The quantitative estimate of drug-likeness (QED) is 0.675. The Kier molecular flexibility index (Phi) is 4.43. The molecule has 1 saturated carbocycles. The van der Waals surface area contributed by atoms with Crippen LogP contribution in [0.3, 0.4) is 0 Å². The number of nitrogens with one attached hydrogen (secondary N) is 1. The van der Waals surface area contributed by atoms with Gasteiger partial charge in [-0.2, -0.15) is 0 Å². The van der Waals surface area contributed by atoms with E-state index in [9.17, 15) is 0 Å². The van der Waals surface area contributed by atoms with Gasteiger partial charge in [-0.25, -0.2) is 0 Å². The smallest absolute Gasteiger partial charge is 0.00374 e. The van der Waals surface area contributed by atoms with Crippen LogP contribution in [0.15, 0.2) is 0 Å². The van der Waals surface area contributed by atoms with Gasteiger partial charge in [-0.1, -0.05) is 34.6 Å². The van der Waals surface area contributed by atoms with Crippen LogP contribution in [-0.2, 0) is 0 Å². The van der Waals surface area contributed by atoms with Crippen molar-refractivity contribution >= 4 is 0 Å². The van der Waals surface area contributed by atoms with Gasteiger partial charge in [0.25, 0.3) is 0 Å². The van der Waals surface area contributed by atoms with Crippen LogP contribution in [-0.4, -0.2) is 13.1 Å². The number of hydrogen-bond donors (Lipinski definition) is 1. The summed E-state index contributed by atoms with van der Waals surface area (Å²) in [6.07, 6.45) is 1.21. The van der Waals surface area contributed by atoms with Crippen LogP contribution in [0.2, 0.25) is 0 Å². The molecule has 1 rings (SSSR count). The molecule has 0 atom stereocenters.